The first-order valence-electron chi connectivity index (χ1n) is 9.29. The highest BCUT2D eigenvalue weighted by atomic mass is 35.5. The summed E-state index contributed by atoms with van der Waals surface area (Å²) < 4.78 is 13.9. The van der Waals surface area contributed by atoms with Crippen LogP contribution >= 0.6 is 11.6 Å². The van der Waals surface area contributed by atoms with Crippen molar-refractivity contribution in [1.29, 1.82) is 0 Å². The van der Waals surface area contributed by atoms with E-state index in [0.717, 1.165) is 11.0 Å². The fourth-order valence-electron chi connectivity index (χ4n) is 3.35. The second-order valence-electron chi connectivity index (χ2n) is 7.97. The van der Waals surface area contributed by atoms with Gasteiger partial charge in [-0.1, -0.05) is 24.6 Å². The van der Waals surface area contributed by atoms with Crippen molar-refractivity contribution in [3.63, 3.8) is 0 Å². The summed E-state index contributed by atoms with van der Waals surface area (Å²) in [5.74, 6) is -2.07. The number of amides is 3. The zero-order chi connectivity index (χ0) is 23.0. The second-order valence-corrected chi connectivity index (χ2v) is 8.38. The third-order valence-corrected chi connectivity index (χ3v) is 5.10. The van der Waals surface area contributed by atoms with Crippen LogP contribution in [0.4, 0.5) is 14.9 Å². The number of nitro benzene ring substituents is 1. The van der Waals surface area contributed by atoms with Gasteiger partial charge >= 0.3 is 6.09 Å². The molecule has 1 aliphatic carbocycles. The smallest absolute Gasteiger partial charge is 0.408 e. The van der Waals surface area contributed by atoms with E-state index in [-0.39, 0.29) is 17.9 Å². The van der Waals surface area contributed by atoms with E-state index < -0.39 is 57.9 Å². The minimum absolute atomic E-state index is 0.0144. The molecule has 0 aromatic heterocycles. The first kappa shape index (κ1) is 23.5. The zero-order valence-electron chi connectivity index (χ0n) is 17.0. The Morgan fingerprint density at radius 2 is 1.93 bits per heavy atom. The van der Waals surface area contributed by atoms with Gasteiger partial charge in [0.1, 0.15) is 17.8 Å². The Morgan fingerprint density at radius 3 is 2.33 bits per heavy atom. The molecular weight excluding hydrogens is 421 g/mol. The fraction of sp³-hybridized carbons (Fsp3) is 0.526. The first-order valence-corrected chi connectivity index (χ1v) is 9.67. The van der Waals surface area contributed by atoms with Crippen molar-refractivity contribution >= 4 is 35.2 Å². The van der Waals surface area contributed by atoms with E-state index in [1.807, 2.05) is 0 Å². The monoisotopic (exact) mass is 443 g/mol. The highest BCUT2D eigenvalue weighted by molar-refractivity contribution is 6.35. The summed E-state index contributed by atoms with van der Waals surface area (Å²) in [5, 5.41) is 20.8. The van der Waals surface area contributed by atoms with Crippen molar-refractivity contribution < 1.29 is 28.8 Å². The predicted octanol–water partition coefficient (Wildman–Crippen LogP) is 3.88. The van der Waals surface area contributed by atoms with Crippen molar-refractivity contribution in [3.8, 4) is 0 Å². The van der Waals surface area contributed by atoms with Gasteiger partial charge in [0.25, 0.3) is 17.5 Å². The SMILES string of the molecule is CC[C@@H](C(=O)N(C(=O)c1c(Cl)cccc1[N+](=O)[O-])[C@@H]1C[C@@H]1F)N(C(=O)O)C(C)(C)C. The number of imide groups is 1. The van der Waals surface area contributed by atoms with E-state index >= 15 is 0 Å². The van der Waals surface area contributed by atoms with Crippen molar-refractivity contribution in [2.45, 2.75) is 64.3 Å². The molecule has 11 heteroatoms. The summed E-state index contributed by atoms with van der Waals surface area (Å²) >= 11 is 6.02. The molecule has 0 saturated heterocycles. The quantitative estimate of drug-likeness (QED) is 0.526. The lowest BCUT2D eigenvalue weighted by molar-refractivity contribution is -0.385. The minimum atomic E-state index is -1.50. The van der Waals surface area contributed by atoms with Gasteiger partial charge in [0.05, 0.1) is 16.0 Å². The van der Waals surface area contributed by atoms with Crippen molar-refractivity contribution in [2.75, 3.05) is 0 Å². The average molecular weight is 444 g/mol. The van der Waals surface area contributed by atoms with Crippen LogP contribution in [0.1, 0.15) is 50.9 Å². The van der Waals surface area contributed by atoms with E-state index in [0.29, 0.717) is 4.90 Å². The Labute approximate surface area is 177 Å². The number of halogens is 2. The number of rotatable bonds is 6. The number of alkyl halides is 1. The van der Waals surface area contributed by atoms with Crippen molar-refractivity contribution in [1.82, 2.24) is 9.80 Å². The fourth-order valence-corrected chi connectivity index (χ4v) is 3.60. The number of carboxylic acid groups (broad SMARTS) is 1. The normalized spacial score (nSPS) is 19.0. The standard InChI is InChI=1S/C19H23ClFN3O6/c1-5-12(23(18(27)28)19(2,3)4)16(25)22(14-9-11(14)21)17(26)15-10(20)7-6-8-13(15)24(29)30/h6-8,11-12,14H,5,9H2,1-4H3,(H,27,28)/t11-,12-,14+/m0/s1. The van der Waals surface area contributed by atoms with Gasteiger partial charge in [-0.3, -0.25) is 29.5 Å². The minimum Gasteiger partial charge on any atom is -0.465 e. The average Bonchev–Trinajstić information content (AvgIpc) is 3.33. The number of hydrogen-bond acceptors (Lipinski definition) is 5. The predicted molar refractivity (Wildman–Crippen MR) is 106 cm³/mol. The first-order chi connectivity index (χ1) is 13.8. The third-order valence-electron chi connectivity index (χ3n) is 4.78. The molecule has 3 amide bonds. The summed E-state index contributed by atoms with van der Waals surface area (Å²) in [6, 6.07) is 1.16. The third kappa shape index (κ3) is 4.53. The molecule has 164 valence electrons. The van der Waals surface area contributed by atoms with E-state index in [1.54, 1.807) is 27.7 Å². The van der Waals surface area contributed by atoms with Crippen LogP contribution in [0.2, 0.25) is 5.02 Å². The molecule has 1 aliphatic rings. The number of nitrogens with zero attached hydrogens (tertiary/aromatic N) is 3. The molecule has 0 radical (unpaired) electrons. The Kier molecular flexibility index (Phi) is 6.70. The molecule has 1 saturated carbocycles. The Balaban J connectivity index is 2.56. The number of carbonyl (C=O) groups is 3. The van der Waals surface area contributed by atoms with Crippen molar-refractivity contribution in [3.05, 3.63) is 38.9 Å². The van der Waals surface area contributed by atoms with Crippen LogP contribution < -0.4 is 0 Å². The van der Waals surface area contributed by atoms with Crippen LogP contribution in [0.5, 0.6) is 0 Å². The van der Waals surface area contributed by atoms with E-state index in [9.17, 15) is 34.0 Å². The molecule has 0 bridgehead atoms. The summed E-state index contributed by atoms with van der Waals surface area (Å²) in [6.45, 7) is 6.30. The van der Waals surface area contributed by atoms with E-state index in [2.05, 4.69) is 0 Å². The summed E-state index contributed by atoms with van der Waals surface area (Å²) in [5.41, 5.74) is -2.16. The molecule has 1 fully saturated rings. The van der Waals surface area contributed by atoms with Crippen LogP contribution in [-0.2, 0) is 4.79 Å². The highest BCUT2D eigenvalue weighted by Gasteiger charge is 2.51. The summed E-state index contributed by atoms with van der Waals surface area (Å²) in [4.78, 5) is 50.4. The number of benzene rings is 1. The molecule has 2 rings (SSSR count). The van der Waals surface area contributed by atoms with Gasteiger partial charge in [-0.2, -0.15) is 0 Å². The van der Waals surface area contributed by atoms with Gasteiger partial charge < -0.3 is 5.11 Å². The Bertz CT molecular complexity index is 888. The lowest BCUT2D eigenvalue weighted by Gasteiger charge is -2.40. The topological polar surface area (TPSA) is 121 Å². The van der Waals surface area contributed by atoms with Gasteiger partial charge in [-0.15, -0.1) is 0 Å². The summed E-state index contributed by atoms with van der Waals surface area (Å²) in [6.07, 6.45) is -2.99. The van der Waals surface area contributed by atoms with Crippen LogP contribution in [0.15, 0.2) is 18.2 Å². The molecule has 1 N–H and O–H groups in total. The summed E-state index contributed by atoms with van der Waals surface area (Å²) in [7, 11) is 0. The lowest BCUT2D eigenvalue weighted by Crippen LogP contribution is -2.58. The molecule has 0 heterocycles. The van der Waals surface area contributed by atoms with Gasteiger partial charge in [-0.05, 0) is 33.3 Å². The Morgan fingerprint density at radius 1 is 1.37 bits per heavy atom. The van der Waals surface area contributed by atoms with Crippen LogP contribution in [-0.4, -0.2) is 61.5 Å². The number of hydrogen-bond donors (Lipinski definition) is 1. The molecular formula is C19H23ClFN3O6. The van der Waals surface area contributed by atoms with E-state index in [4.69, 9.17) is 11.6 Å². The van der Waals surface area contributed by atoms with Crippen molar-refractivity contribution in [2.24, 2.45) is 0 Å². The molecule has 9 nitrogen and oxygen atoms in total. The largest absolute Gasteiger partial charge is 0.465 e. The van der Waals surface area contributed by atoms with Crippen LogP contribution in [0, 0.1) is 10.1 Å². The maximum atomic E-state index is 13.9. The van der Waals surface area contributed by atoms with Crippen LogP contribution in [0.3, 0.4) is 0 Å². The number of nitro groups is 1. The van der Waals surface area contributed by atoms with Gasteiger partial charge in [0, 0.05) is 18.0 Å². The van der Waals surface area contributed by atoms with Gasteiger partial charge in [-0.25, -0.2) is 9.18 Å². The molecule has 0 aliphatic heterocycles. The van der Waals surface area contributed by atoms with Crippen LogP contribution in [0.25, 0.3) is 0 Å². The zero-order valence-corrected chi connectivity index (χ0v) is 17.7. The molecule has 3 atom stereocenters. The molecule has 30 heavy (non-hydrogen) atoms. The molecule has 0 spiro atoms. The second kappa shape index (κ2) is 8.55. The van der Waals surface area contributed by atoms with E-state index in [1.165, 1.54) is 12.1 Å². The molecule has 0 unspecified atom stereocenters. The lowest BCUT2D eigenvalue weighted by atomic mass is 10.0. The Hall–Kier alpha value is -2.75. The maximum absolute atomic E-state index is 13.9. The highest BCUT2D eigenvalue weighted by Crippen LogP contribution is 2.37. The van der Waals surface area contributed by atoms with Gasteiger partial charge in [0.15, 0.2) is 0 Å². The molecule has 1 aromatic carbocycles. The van der Waals surface area contributed by atoms with Gasteiger partial charge in [0.2, 0.25) is 0 Å². The molecule has 1 aromatic rings. The maximum Gasteiger partial charge on any atom is 0.408 e. The number of carbonyl (C=O) groups excluding carboxylic acids is 2.